The number of hydrogen-bond acceptors (Lipinski definition) is 2. The Balaban J connectivity index is -0.000000206. The van der Waals surface area contributed by atoms with Crippen molar-refractivity contribution < 1.29 is 29.5 Å². The third-order valence-corrected chi connectivity index (χ3v) is 9.00. The summed E-state index contributed by atoms with van der Waals surface area (Å²) in [4.78, 5) is 0. The third kappa shape index (κ3) is 32.2. The maximum absolute atomic E-state index is 8.82. The Morgan fingerprint density at radius 3 is 0.737 bits per heavy atom. The predicted molar refractivity (Wildman–Crippen MR) is 80.2 cm³/mol. The molecule has 0 aliphatic carbocycles. The van der Waals surface area contributed by atoms with Crippen molar-refractivity contribution in [3.8, 4) is 0 Å². The average Bonchev–Trinajstić information content (AvgIpc) is 2.32. The third-order valence-electron chi connectivity index (χ3n) is 3.00. The van der Waals surface area contributed by atoms with Gasteiger partial charge in [-0.05, 0) is 0 Å². The van der Waals surface area contributed by atoms with Crippen LogP contribution in [0.3, 0.4) is 0 Å². The molecule has 2 N–H and O–H groups in total. The van der Waals surface area contributed by atoms with Crippen LogP contribution in [0, 0.1) is 0 Å². The Morgan fingerprint density at radius 2 is 0.737 bits per heavy atom. The summed E-state index contributed by atoms with van der Waals surface area (Å²) in [7, 11) is 0.275. The molecule has 0 spiro atoms. The summed E-state index contributed by atoms with van der Waals surface area (Å²) in [5.74, 6) is 0. The van der Waals surface area contributed by atoms with Crippen LogP contribution in [0.15, 0.2) is 0 Å². The molecule has 0 aromatic heterocycles. The van der Waals surface area contributed by atoms with E-state index in [-0.39, 0.29) is 17.6 Å². The van der Waals surface area contributed by atoms with Crippen LogP contribution in [0.1, 0.15) is 41.5 Å². The standard InChI is InChI=1S/2C6H15Si.Cr.2H2O.2O/c2*1-4-7(5-2)6-3;;;;;/h2*4-6H2,1-3H3;;2*1H2;;/q;;+2;;;;/p-2. The van der Waals surface area contributed by atoms with Crippen LogP contribution in [-0.4, -0.2) is 25.9 Å². The van der Waals surface area contributed by atoms with Gasteiger partial charge in [0.15, 0.2) is 0 Å². The Hall–Kier alpha value is 0.486. The van der Waals surface area contributed by atoms with Crippen molar-refractivity contribution in [1.29, 1.82) is 0 Å². The molecule has 0 saturated carbocycles. The second-order valence-electron chi connectivity index (χ2n) is 4.07. The molecule has 0 aliphatic heterocycles. The van der Waals surface area contributed by atoms with E-state index < -0.39 is 13.6 Å². The van der Waals surface area contributed by atoms with Gasteiger partial charge >= 0.3 is 29.5 Å². The van der Waals surface area contributed by atoms with Crippen molar-refractivity contribution in [2.24, 2.45) is 0 Å². The van der Waals surface area contributed by atoms with Gasteiger partial charge in [0.25, 0.3) is 0 Å². The summed E-state index contributed by atoms with van der Waals surface area (Å²) in [5, 5.41) is 0. The van der Waals surface area contributed by atoms with E-state index in [9.17, 15) is 0 Å². The van der Waals surface area contributed by atoms with Crippen LogP contribution < -0.4 is 0 Å². The molecule has 0 unspecified atom stereocenters. The Bertz CT molecular complexity index is 219. The summed E-state index contributed by atoms with van der Waals surface area (Å²) >= 11 is -5.25. The molecule has 118 valence electrons. The van der Waals surface area contributed by atoms with Gasteiger partial charge < -0.3 is 0 Å². The Morgan fingerprint density at radius 1 is 0.632 bits per heavy atom. The van der Waals surface area contributed by atoms with Gasteiger partial charge in [-0.1, -0.05) is 77.8 Å². The van der Waals surface area contributed by atoms with Crippen molar-refractivity contribution in [3.05, 3.63) is 0 Å². The van der Waals surface area contributed by atoms with E-state index in [0.29, 0.717) is 0 Å². The molecule has 2 radical (unpaired) electrons. The van der Waals surface area contributed by atoms with Gasteiger partial charge in [0.2, 0.25) is 0 Å². The molecule has 19 heavy (non-hydrogen) atoms. The van der Waals surface area contributed by atoms with Crippen LogP contribution in [0.4, 0.5) is 0 Å². The maximum atomic E-state index is 8.82. The first-order valence-corrected chi connectivity index (χ1v) is 13.5. The summed E-state index contributed by atoms with van der Waals surface area (Å²) in [6.07, 6.45) is 0. The average molecular weight is 349 g/mol. The SMILES string of the molecule is CC[Si](CC)CC.CC[Si](CC)CC.[O]=[Cr](=[O])([OH])[OH]. The van der Waals surface area contributed by atoms with E-state index in [1.54, 1.807) is 0 Å². The minimum atomic E-state index is -5.25. The zero-order valence-electron chi connectivity index (χ0n) is 13.4. The second kappa shape index (κ2) is 16.5. The van der Waals surface area contributed by atoms with Crippen LogP contribution in [0.25, 0.3) is 0 Å². The molecular weight excluding hydrogens is 316 g/mol. The van der Waals surface area contributed by atoms with E-state index in [0.717, 1.165) is 0 Å². The molecule has 0 rings (SSSR count). The van der Waals surface area contributed by atoms with Crippen molar-refractivity contribution in [1.82, 2.24) is 0 Å². The van der Waals surface area contributed by atoms with Crippen molar-refractivity contribution in [3.63, 3.8) is 0 Å². The molecule has 0 bridgehead atoms. The van der Waals surface area contributed by atoms with Crippen LogP contribution in [0.2, 0.25) is 36.3 Å². The van der Waals surface area contributed by atoms with Crippen LogP contribution in [-0.2, 0) is 21.2 Å². The van der Waals surface area contributed by atoms with Gasteiger partial charge in [-0.15, -0.1) is 0 Å². The van der Waals surface area contributed by atoms with E-state index in [4.69, 9.17) is 15.9 Å². The molecule has 0 heterocycles. The first-order chi connectivity index (χ1) is 8.69. The molecule has 0 saturated heterocycles. The molecule has 0 amide bonds. The predicted octanol–water partition coefficient (Wildman–Crippen LogP) is 3.73. The zero-order chi connectivity index (χ0) is 15.9. The molecule has 0 aromatic rings. The van der Waals surface area contributed by atoms with E-state index in [1.807, 2.05) is 0 Å². The fourth-order valence-corrected chi connectivity index (χ4v) is 4.50. The first kappa shape index (κ1) is 24.5. The monoisotopic (exact) mass is 348 g/mol. The Kier molecular flexibility index (Phi) is 21.3. The van der Waals surface area contributed by atoms with Crippen molar-refractivity contribution in [2.45, 2.75) is 77.8 Å². The van der Waals surface area contributed by atoms with Gasteiger partial charge in [-0.25, -0.2) is 0 Å². The van der Waals surface area contributed by atoms with Gasteiger partial charge in [0.05, 0.1) is 0 Å². The molecular formula is C12H32CrO4Si2. The summed E-state index contributed by atoms with van der Waals surface area (Å²) in [5.41, 5.74) is 0. The quantitative estimate of drug-likeness (QED) is 0.717. The summed E-state index contributed by atoms with van der Waals surface area (Å²) in [6.45, 7) is 13.8. The molecule has 0 atom stereocenters. The van der Waals surface area contributed by atoms with Crippen LogP contribution >= 0.6 is 0 Å². The summed E-state index contributed by atoms with van der Waals surface area (Å²) in [6, 6.07) is 8.74. The van der Waals surface area contributed by atoms with E-state index in [2.05, 4.69) is 41.5 Å². The molecule has 0 aromatic carbocycles. The van der Waals surface area contributed by atoms with Crippen molar-refractivity contribution in [2.75, 3.05) is 0 Å². The fourth-order valence-electron chi connectivity index (χ4n) is 1.50. The molecule has 0 fully saturated rings. The van der Waals surface area contributed by atoms with E-state index in [1.165, 1.54) is 36.3 Å². The zero-order valence-corrected chi connectivity index (χ0v) is 16.6. The van der Waals surface area contributed by atoms with Gasteiger partial charge in [-0.2, -0.15) is 0 Å². The normalized spacial score (nSPS) is 10.6. The van der Waals surface area contributed by atoms with Crippen molar-refractivity contribution >= 4 is 17.6 Å². The van der Waals surface area contributed by atoms with Crippen LogP contribution in [0.5, 0.6) is 0 Å². The van der Waals surface area contributed by atoms with Gasteiger partial charge in [0.1, 0.15) is 0 Å². The molecule has 4 nitrogen and oxygen atoms in total. The topological polar surface area (TPSA) is 74.6 Å². The number of rotatable bonds is 6. The molecule has 7 heteroatoms. The summed E-state index contributed by atoms with van der Waals surface area (Å²) < 4.78 is 31.9. The first-order valence-electron chi connectivity index (χ1n) is 7.06. The Labute approximate surface area is 125 Å². The fraction of sp³-hybridized carbons (Fsp3) is 1.00. The molecule has 0 aliphatic rings. The second-order valence-corrected chi connectivity index (χ2v) is 12.7. The number of hydrogen-bond donors (Lipinski definition) is 2. The van der Waals surface area contributed by atoms with Gasteiger partial charge in [-0.3, -0.25) is 0 Å². The minimum absolute atomic E-state index is 0.137. The van der Waals surface area contributed by atoms with E-state index >= 15 is 0 Å². The van der Waals surface area contributed by atoms with Gasteiger partial charge in [0, 0.05) is 17.6 Å².